The molecule has 0 bridgehead atoms. The highest BCUT2D eigenvalue weighted by molar-refractivity contribution is 6.04. The summed E-state index contributed by atoms with van der Waals surface area (Å²) in [5.41, 5.74) is 3.32. The molecular weight excluding hydrogens is 379 g/mol. The van der Waals surface area contributed by atoms with Crippen molar-refractivity contribution in [2.24, 2.45) is 0 Å². The molecule has 1 amide bonds. The molecule has 0 unspecified atom stereocenters. The Bertz CT molecular complexity index is 1020. The summed E-state index contributed by atoms with van der Waals surface area (Å²) in [6, 6.07) is 12.5. The van der Waals surface area contributed by atoms with Gasteiger partial charge in [0.25, 0.3) is 5.91 Å². The topological polar surface area (TPSA) is 46.9 Å². The molecule has 7 heteroatoms. The highest BCUT2D eigenvalue weighted by atomic mass is 19.4. The first kappa shape index (κ1) is 20.6. The molecule has 0 atom stereocenters. The van der Waals surface area contributed by atoms with Gasteiger partial charge in [-0.15, -0.1) is 0 Å². The van der Waals surface area contributed by atoms with Gasteiger partial charge in [-0.05, 0) is 55.7 Å². The molecule has 0 radical (unpaired) electrons. The van der Waals surface area contributed by atoms with Crippen LogP contribution in [0.15, 0.2) is 48.5 Å². The van der Waals surface area contributed by atoms with Gasteiger partial charge in [0.1, 0.15) is 0 Å². The Kier molecular flexibility index (Phi) is 5.77. The summed E-state index contributed by atoms with van der Waals surface area (Å²) in [5, 5.41) is 7.26. The fraction of sp³-hybridized carbons (Fsp3) is 0.273. The number of nitrogens with one attached hydrogen (secondary N) is 1. The van der Waals surface area contributed by atoms with Crippen molar-refractivity contribution in [1.29, 1.82) is 0 Å². The quantitative estimate of drug-likeness (QED) is 0.624. The number of nitrogens with zero attached hydrogens (tertiary/aromatic N) is 2. The van der Waals surface area contributed by atoms with Gasteiger partial charge in [0.05, 0.1) is 29.2 Å². The lowest BCUT2D eigenvalue weighted by atomic mass is 10.1. The molecule has 0 aliphatic rings. The maximum Gasteiger partial charge on any atom is 0.416 e. The third-order valence-electron chi connectivity index (χ3n) is 4.83. The normalized spacial score (nSPS) is 11.5. The van der Waals surface area contributed by atoms with Crippen molar-refractivity contribution in [2.75, 3.05) is 5.32 Å². The van der Waals surface area contributed by atoms with Gasteiger partial charge in [0.15, 0.2) is 0 Å². The largest absolute Gasteiger partial charge is 0.416 e. The molecule has 1 aromatic heterocycles. The number of carbonyl (C=O) groups excluding carboxylic acids is 1. The Morgan fingerprint density at radius 1 is 1.07 bits per heavy atom. The van der Waals surface area contributed by atoms with Crippen molar-refractivity contribution in [2.45, 2.75) is 39.9 Å². The monoisotopic (exact) mass is 401 g/mol. The van der Waals surface area contributed by atoms with Crippen molar-refractivity contribution in [3.63, 3.8) is 0 Å². The Labute approximate surface area is 167 Å². The van der Waals surface area contributed by atoms with Crippen LogP contribution in [0.4, 0.5) is 18.9 Å². The van der Waals surface area contributed by atoms with Crippen LogP contribution in [0.2, 0.25) is 0 Å². The smallest absolute Gasteiger partial charge is 0.319 e. The van der Waals surface area contributed by atoms with Gasteiger partial charge in [0, 0.05) is 5.56 Å². The van der Waals surface area contributed by atoms with E-state index in [1.807, 2.05) is 19.1 Å². The molecule has 1 N–H and O–H groups in total. The van der Waals surface area contributed by atoms with E-state index in [9.17, 15) is 18.0 Å². The van der Waals surface area contributed by atoms with Crippen LogP contribution in [-0.2, 0) is 19.1 Å². The molecule has 0 spiro atoms. The van der Waals surface area contributed by atoms with Gasteiger partial charge in [-0.2, -0.15) is 18.3 Å². The first-order valence-corrected chi connectivity index (χ1v) is 9.29. The number of aryl methyl sites for hydroxylation is 2. The average Bonchev–Trinajstić information content (AvgIpc) is 2.95. The molecule has 2 aromatic carbocycles. The van der Waals surface area contributed by atoms with Crippen LogP contribution in [0.3, 0.4) is 0 Å². The fourth-order valence-electron chi connectivity index (χ4n) is 3.13. The zero-order valence-corrected chi connectivity index (χ0v) is 16.5. The van der Waals surface area contributed by atoms with E-state index in [-0.39, 0.29) is 12.5 Å². The Morgan fingerprint density at radius 3 is 2.38 bits per heavy atom. The van der Waals surface area contributed by atoms with Crippen molar-refractivity contribution in [3.05, 3.63) is 82.2 Å². The summed E-state index contributed by atoms with van der Waals surface area (Å²) in [6.45, 7) is 5.76. The average molecular weight is 401 g/mol. The van der Waals surface area contributed by atoms with Gasteiger partial charge >= 0.3 is 6.18 Å². The molecule has 0 saturated carbocycles. The molecule has 0 aliphatic carbocycles. The number of amides is 1. The molecule has 0 saturated heterocycles. The molecule has 4 nitrogen and oxygen atoms in total. The van der Waals surface area contributed by atoms with Gasteiger partial charge in [-0.1, -0.05) is 31.2 Å². The molecule has 29 heavy (non-hydrogen) atoms. The van der Waals surface area contributed by atoms with Crippen LogP contribution < -0.4 is 5.32 Å². The highest BCUT2D eigenvalue weighted by Crippen LogP contribution is 2.30. The minimum absolute atomic E-state index is 0.178. The number of hydrogen-bond donors (Lipinski definition) is 1. The van der Waals surface area contributed by atoms with E-state index in [1.54, 1.807) is 36.7 Å². The van der Waals surface area contributed by atoms with Crippen LogP contribution in [0.25, 0.3) is 0 Å². The van der Waals surface area contributed by atoms with E-state index in [1.165, 1.54) is 6.07 Å². The van der Waals surface area contributed by atoms with E-state index in [4.69, 9.17) is 0 Å². The highest BCUT2D eigenvalue weighted by Gasteiger charge is 2.30. The van der Waals surface area contributed by atoms with Crippen molar-refractivity contribution in [1.82, 2.24) is 9.78 Å². The number of rotatable bonds is 5. The van der Waals surface area contributed by atoms with Crippen molar-refractivity contribution < 1.29 is 18.0 Å². The summed E-state index contributed by atoms with van der Waals surface area (Å²) in [5.74, 6) is -0.252. The number of carbonyl (C=O) groups is 1. The van der Waals surface area contributed by atoms with Crippen LogP contribution in [-0.4, -0.2) is 15.7 Å². The van der Waals surface area contributed by atoms with E-state index in [0.717, 1.165) is 24.1 Å². The van der Waals surface area contributed by atoms with Crippen molar-refractivity contribution >= 4 is 11.6 Å². The zero-order chi connectivity index (χ0) is 21.2. The Balaban J connectivity index is 1.80. The lowest BCUT2D eigenvalue weighted by molar-refractivity contribution is -0.137. The van der Waals surface area contributed by atoms with Crippen LogP contribution in [0.5, 0.6) is 0 Å². The molecule has 152 valence electrons. The first-order chi connectivity index (χ1) is 13.7. The van der Waals surface area contributed by atoms with Gasteiger partial charge in [-0.25, -0.2) is 0 Å². The molecule has 3 aromatic rings. The Hall–Kier alpha value is -3.09. The summed E-state index contributed by atoms with van der Waals surface area (Å²) < 4.78 is 40.4. The third-order valence-corrected chi connectivity index (χ3v) is 4.83. The van der Waals surface area contributed by atoms with Crippen LogP contribution in [0, 0.1) is 13.8 Å². The number of hydrogen-bond acceptors (Lipinski definition) is 2. The first-order valence-electron chi connectivity index (χ1n) is 9.29. The molecule has 1 heterocycles. The lowest BCUT2D eigenvalue weighted by Crippen LogP contribution is -2.13. The predicted molar refractivity (Wildman–Crippen MR) is 106 cm³/mol. The summed E-state index contributed by atoms with van der Waals surface area (Å²) in [6.07, 6.45) is -3.50. The number of aromatic nitrogens is 2. The number of halogens is 3. The molecule has 3 rings (SSSR count). The zero-order valence-electron chi connectivity index (χ0n) is 16.5. The molecule has 0 fully saturated rings. The van der Waals surface area contributed by atoms with Crippen LogP contribution >= 0.6 is 0 Å². The summed E-state index contributed by atoms with van der Waals surface area (Å²) in [4.78, 5) is 12.6. The van der Waals surface area contributed by atoms with E-state index in [2.05, 4.69) is 10.4 Å². The standard InChI is InChI=1S/C22H22F3N3O/c1-4-16-8-10-18(11-9-16)21(29)26-20-14(2)27-28(15(20)3)13-17-6-5-7-19(12-17)22(23,24)25/h5-12H,4,13H2,1-3H3,(H,26,29). The van der Waals surface area contributed by atoms with Crippen LogP contribution in [0.1, 0.15) is 45.4 Å². The minimum Gasteiger partial charge on any atom is -0.319 e. The lowest BCUT2D eigenvalue weighted by Gasteiger charge is -2.10. The van der Waals surface area contributed by atoms with Gasteiger partial charge in [-0.3, -0.25) is 9.48 Å². The third kappa shape index (κ3) is 4.67. The molecule has 0 aliphatic heterocycles. The number of alkyl halides is 3. The van der Waals surface area contributed by atoms with Gasteiger partial charge in [0.2, 0.25) is 0 Å². The van der Waals surface area contributed by atoms with Gasteiger partial charge < -0.3 is 5.32 Å². The summed E-state index contributed by atoms with van der Waals surface area (Å²) in [7, 11) is 0. The van der Waals surface area contributed by atoms with E-state index in [0.29, 0.717) is 28.2 Å². The summed E-state index contributed by atoms with van der Waals surface area (Å²) >= 11 is 0. The van der Waals surface area contributed by atoms with E-state index < -0.39 is 11.7 Å². The SMILES string of the molecule is CCc1ccc(C(=O)Nc2c(C)nn(Cc3cccc(C(F)(F)F)c3)c2C)cc1. The second-order valence-corrected chi connectivity index (χ2v) is 6.91. The molecular formula is C22H22F3N3O. The number of benzene rings is 2. The van der Waals surface area contributed by atoms with E-state index >= 15 is 0 Å². The number of anilines is 1. The predicted octanol–water partition coefficient (Wildman–Crippen LogP) is 5.38. The maximum atomic E-state index is 12.9. The Morgan fingerprint density at radius 2 is 1.76 bits per heavy atom. The second kappa shape index (κ2) is 8.11. The second-order valence-electron chi connectivity index (χ2n) is 6.91. The maximum absolute atomic E-state index is 12.9. The minimum atomic E-state index is -4.39. The van der Waals surface area contributed by atoms with Crippen molar-refractivity contribution in [3.8, 4) is 0 Å². The fourth-order valence-corrected chi connectivity index (χ4v) is 3.13.